The minimum absolute atomic E-state index is 0.00139. The van der Waals surface area contributed by atoms with Crippen molar-refractivity contribution in [3.63, 3.8) is 0 Å². The Bertz CT molecular complexity index is 410. The fourth-order valence-corrected chi connectivity index (χ4v) is 1.05. The highest BCUT2D eigenvalue weighted by atomic mass is 16.6. The van der Waals surface area contributed by atoms with Crippen molar-refractivity contribution < 1.29 is 9.72 Å². The van der Waals surface area contributed by atoms with Crippen LogP contribution in [-0.4, -0.2) is 10.7 Å². The summed E-state index contributed by atoms with van der Waals surface area (Å²) in [7, 11) is 0. The second kappa shape index (κ2) is 5.05. The zero-order valence-corrected chi connectivity index (χ0v) is 8.34. The van der Waals surface area contributed by atoms with Gasteiger partial charge >= 0.3 is 0 Å². The Morgan fingerprint density at radius 3 is 2.87 bits per heavy atom. The van der Waals surface area contributed by atoms with Crippen LogP contribution < -0.4 is 0 Å². The predicted octanol–water partition coefficient (Wildman–Crippen LogP) is 2.59. The van der Waals surface area contributed by atoms with E-state index in [1.807, 2.05) is 0 Å². The van der Waals surface area contributed by atoms with Gasteiger partial charge in [-0.2, -0.15) is 0 Å². The molecule has 0 aromatic heterocycles. The lowest BCUT2D eigenvalue weighted by Crippen LogP contribution is -1.89. The van der Waals surface area contributed by atoms with E-state index >= 15 is 0 Å². The Kier molecular flexibility index (Phi) is 3.74. The minimum atomic E-state index is -0.459. The molecule has 1 rings (SSSR count). The molecule has 0 saturated carbocycles. The lowest BCUT2D eigenvalue weighted by Gasteiger charge is -1.93. The molecule has 0 aliphatic rings. The lowest BCUT2D eigenvalue weighted by molar-refractivity contribution is -0.384. The van der Waals surface area contributed by atoms with Gasteiger partial charge in [0.15, 0.2) is 5.78 Å². The van der Waals surface area contributed by atoms with Gasteiger partial charge in [0, 0.05) is 18.6 Å². The van der Waals surface area contributed by atoms with Crippen molar-refractivity contribution in [3.8, 4) is 0 Å². The van der Waals surface area contributed by atoms with Crippen LogP contribution in [0, 0.1) is 10.1 Å². The summed E-state index contributed by atoms with van der Waals surface area (Å²) in [6, 6.07) is 6.15. The van der Waals surface area contributed by atoms with Crippen LogP contribution in [0.4, 0.5) is 5.69 Å². The molecule has 0 bridgehead atoms. The second-order valence-electron chi connectivity index (χ2n) is 3.01. The van der Waals surface area contributed by atoms with Crippen molar-refractivity contribution in [1.29, 1.82) is 0 Å². The third kappa shape index (κ3) is 3.34. The number of nitro groups is 1. The van der Waals surface area contributed by atoms with Gasteiger partial charge in [-0.25, -0.2) is 0 Å². The number of carbonyl (C=O) groups is 1. The van der Waals surface area contributed by atoms with Gasteiger partial charge in [0.2, 0.25) is 0 Å². The third-order valence-electron chi connectivity index (χ3n) is 1.89. The fourth-order valence-electron chi connectivity index (χ4n) is 1.05. The first kappa shape index (κ1) is 11.1. The van der Waals surface area contributed by atoms with E-state index in [4.69, 9.17) is 0 Å². The number of nitro benzene ring substituents is 1. The van der Waals surface area contributed by atoms with E-state index in [9.17, 15) is 14.9 Å². The molecule has 1 aromatic carbocycles. The number of hydrogen-bond donors (Lipinski definition) is 0. The number of carbonyl (C=O) groups excluding carboxylic acids is 1. The van der Waals surface area contributed by atoms with E-state index < -0.39 is 4.92 Å². The molecule has 0 unspecified atom stereocenters. The van der Waals surface area contributed by atoms with Crippen LogP contribution in [0.1, 0.15) is 18.9 Å². The summed E-state index contributed by atoms with van der Waals surface area (Å²) >= 11 is 0. The molecule has 4 heteroatoms. The Labute approximate surface area is 87.4 Å². The van der Waals surface area contributed by atoms with Crippen molar-refractivity contribution in [2.75, 3.05) is 0 Å². The highest BCUT2D eigenvalue weighted by Gasteiger charge is 2.03. The van der Waals surface area contributed by atoms with E-state index in [-0.39, 0.29) is 11.5 Å². The maximum atomic E-state index is 11.0. The quantitative estimate of drug-likeness (QED) is 0.431. The van der Waals surface area contributed by atoms with E-state index in [0.29, 0.717) is 12.0 Å². The second-order valence-corrected chi connectivity index (χ2v) is 3.01. The van der Waals surface area contributed by atoms with Gasteiger partial charge in [-0.1, -0.05) is 25.1 Å². The maximum Gasteiger partial charge on any atom is 0.270 e. The standard InChI is InChI=1S/C11H11NO3/c1-2-11(13)7-6-9-4-3-5-10(8-9)12(14)15/h3-8H,2H2,1H3/b7-6+. The van der Waals surface area contributed by atoms with Crippen molar-refractivity contribution in [1.82, 2.24) is 0 Å². The normalized spacial score (nSPS) is 10.5. The summed E-state index contributed by atoms with van der Waals surface area (Å²) in [5.41, 5.74) is 0.687. The molecule has 0 amide bonds. The average molecular weight is 205 g/mol. The summed E-state index contributed by atoms with van der Waals surface area (Å²) in [6.45, 7) is 1.76. The molecular formula is C11H11NO3. The SMILES string of the molecule is CCC(=O)/C=C/c1cccc([N+](=O)[O-])c1. The largest absolute Gasteiger partial charge is 0.295 e. The van der Waals surface area contributed by atoms with Gasteiger partial charge in [0.1, 0.15) is 0 Å². The predicted molar refractivity (Wildman–Crippen MR) is 57.4 cm³/mol. The Morgan fingerprint density at radius 2 is 2.27 bits per heavy atom. The van der Waals surface area contributed by atoms with Gasteiger partial charge in [0.25, 0.3) is 5.69 Å². The smallest absolute Gasteiger partial charge is 0.270 e. The Morgan fingerprint density at radius 1 is 1.53 bits per heavy atom. The van der Waals surface area contributed by atoms with Crippen LogP contribution in [0.5, 0.6) is 0 Å². The van der Waals surface area contributed by atoms with Crippen LogP contribution in [-0.2, 0) is 4.79 Å². The van der Waals surface area contributed by atoms with Gasteiger partial charge in [-0.05, 0) is 11.6 Å². The molecule has 1 aromatic rings. The minimum Gasteiger partial charge on any atom is -0.295 e. The Hall–Kier alpha value is -1.97. The summed E-state index contributed by atoms with van der Waals surface area (Å²) < 4.78 is 0. The molecule has 78 valence electrons. The average Bonchev–Trinajstić information content (AvgIpc) is 2.26. The summed E-state index contributed by atoms with van der Waals surface area (Å²) in [6.07, 6.45) is 3.45. The van der Waals surface area contributed by atoms with Crippen LogP contribution in [0.2, 0.25) is 0 Å². The maximum absolute atomic E-state index is 11.0. The number of ketones is 1. The van der Waals surface area contributed by atoms with E-state index in [1.165, 1.54) is 18.2 Å². The molecule has 0 fully saturated rings. The number of hydrogen-bond acceptors (Lipinski definition) is 3. The molecule has 0 N–H and O–H groups in total. The summed E-state index contributed by atoms with van der Waals surface area (Å²) in [5.74, 6) is 0.00139. The molecule has 0 radical (unpaired) electrons. The molecule has 0 saturated heterocycles. The number of rotatable bonds is 4. The molecule has 0 spiro atoms. The van der Waals surface area contributed by atoms with Crippen molar-refractivity contribution in [2.45, 2.75) is 13.3 Å². The fraction of sp³-hybridized carbons (Fsp3) is 0.182. The number of benzene rings is 1. The first-order valence-corrected chi connectivity index (χ1v) is 4.59. The summed E-state index contributed by atoms with van der Waals surface area (Å²) in [5, 5.41) is 10.5. The number of allylic oxidation sites excluding steroid dienone is 1. The Balaban J connectivity index is 2.87. The highest BCUT2D eigenvalue weighted by molar-refractivity contribution is 5.93. The highest BCUT2D eigenvalue weighted by Crippen LogP contribution is 2.14. The van der Waals surface area contributed by atoms with E-state index in [2.05, 4.69) is 0 Å². The van der Waals surface area contributed by atoms with E-state index in [1.54, 1.807) is 25.1 Å². The van der Waals surface area contributed by atoms with Crippen molar-refractivity contribution in [3.05, 3.63) is 46.0 Å². The number of non-ortho nitro benzene ring substituents is 1. The van der Waals surface area contributed by atoms with Crippen molar-refractivity contribution in [2.24, 2.45) is 0 Å². The van der Waals surface area contributed by atoms with Crippen LogP contribution in [0.3, 0.4) is 0 Å². The van der Waals surface area contributed by atoms with Crippen LogP contribution in [0.25, 0.3) is 6.08 Å². The first-order chi connectivity index (χ1) is 7.13. The molecule has 15 heavy (non-hydrogen) atoms. The zero-order valence-electron chi connectivity index (χ0n) is 8.34. The van der Waals surface area contributed by atoms with Gasteiger partial charge in [-0.15, -0.1) is 0 Å². The molecular weight excluding hydrogens is 194 g/mol. The molecule has 4 nitrogen and oxygen atoms in total. The van der Waals surface area contributed by atoms with Gasteiger partial charge in [0.05, 0.1) is 4.92 Å². The summed E-state index contributed by atoms with van der Waals surface area (Å²) in [4.78, 5) is 21.0. The van der Waals surface area contributed by atoms with E-state index in [0.717, 1.165) is 0 Å². The third-order valence-corrected chi connectivity index (χ3v) is 1.89. The monoisotopic (exact) mass is 205 g/mol. The molecule has 0 aliphatic carbocycles. The van der Waals surface area contributed by atoms with Gasteiger partial charge < -0.3 is 0 Å². The van der Waals surface area contributed by atoms with Crippen molar-refractivity contribution >= 4 is 17.5 Å². The lowest BCUT2D eigenvalue weighted by atomic mass is 10.1. The number of nitrogens with zero attached hydrogens (tertiary/aromatic N) is 1. The van der Waals surface area contributed by atoms with Gasteiger partial charge in [-0.3, -0.25) is 14.9 Å². The molecule has 0 aliphatic heterocycles. The zero-order chi connectivity index (χ0) is 11.3. The first-order valence-electron chi connectivity index (χ1n) is 4.59. The van der Waals surface area contributed by atoms with Crippen LogP contribution >= 0.6 is 0 Å². The topological polar surface area (TPSA) is 60.2 Å². The molecule has 0 atom stereocenters. The molecule has 0 heterocycles. The van der Waals surface area contributed by atoms with Crippen LogP contribution in [0.15, 0.2) is 30.3 Å².